The fourth-order valence-electron chi connectivity index (χ4n) is 2.25. The average Bonchev–Trinajstić information content (AvgIpc) is 2.75. The molecule has 0 saturated carbocycles. The summed E-state index contributed by atoms with van der Waals surface area (Å²) in [6.45, 7) is 7.09. The van der Waals surface area contributed by atoms with Crippen molar-refractivity contribution in [1.29, 1.82) is 0 Å². The summed E-state index contributed by atoms with van der Waals surface area (Å²) in [4.78, 5) is 9.43. The van der Waals surface area contributed by atoms with Crippen LogP contribution in [0, 0.1) is 0 Å². The number of imidazole rings is 1. The second-order valence-electron chi connectivity index (χ2n) is 4.58. The van der Waals surface area contributed by atoms with E-state index in [4.69, 9.17) is 0 Å². The van der Waals surface area contributed by atoms with E-state index in [1.807, 2.05) is 12.4 Å². The maximum Gasteiger partial charge on any atom is 0.109 e. The lowest BCUT2D eigenvalue weighted by atomic mass is 10.3. The van der Waals surface area contributed by atoms with Gasteiger partial charge in [0.05, 0.1) is 0 Å². The first-order valence-corrected chi connectivity index (χ1v) is 7.38. The Labute approximate surface area is 112 Å². The van der Waals surface area contributed by atoms with Crippen molar-refractivity contribution >= 4 is 15.9 Å². The van der Waals surface area contributed by atoms with Gasteiger partial charge >= 0.3 is 0 Å². The molecule has 0 unspecified atom stereocenters. The summed E-state index contributed by atoms with van der Waals surface area (Å²) in [6, 6.07) is 0. The lowest BCUT2D eigenvalue weighted by Crippen LogP contribution is -2.47. The molecule has 0 amide bonds. The van der Waals surface area contributed by atoms with Crippen molar-refractivity contribution in [3.05, 3.63) is 18.2 Å². The molecule has 0 N–H and O–H groups in total. The maximum atomic E-state index is 4.36. The molecule has 1 aliphatic rings. The Kier molecular flexibility index (Phi) is 5.00. The average molecular weight is 301 g/mol. The van der Waals surface area contributed by atoms with Crippen LogP contribution in [0.15, 0.2) is 12.4 Å². The SMILES string of the molecule is Cn1ccnc1CCN1CCN(CCBr)CC1. The van der Waals surface area contributed by atoms with E-state index in [0.29, 0.717) is 0 Å². The van der Waals surface area contributed by atoms with Gasteiger partial charge in [-0.15, -0.1) is 0 Å². The Balaban J connectivity index is 1.70. The van der Waals surface area contributed by atoms with Gasteiger partial charge < -0.3 is 9.47 Å². The van der Waals surface area contributed by atoms with E-state index in [0.717, 1.165) is 18.3 Å². The summed E-state index contributed by atoms with van der Waals surface area (Å²) < 4.78 is 2.11. The number of rotatable bonds is 5. The van der Waals surface area contributed by atoms with E-state index < -0.39 is 0 Å². The molecule has 1 aliphatic heterocycles. The molecule has 0 spiro atoms. The topological polar surface area (TPSA) is 24.3 Å². The van der Waals surface area contributed by atoms with Crippen LogP contribution in [0.5, 0.6) is 0 Å². The normalized spacial score (nSPS) is 18.7. The van der Waals surface area contributed by atoms with Gasteiger partial charge in [-0.05, 0) is 0 Å². The van der Waals surface area contributed by atoms with Crippen molar-refractivity contribution in [3.63, 3.8) is 0 Å². The van der Waals surface area contributed by atoms with Crippen molar-refractivity contribution in [2.45, 2.75) is 6.42 Å². The van der Waals surface area contributed by atoms with E-state index in [9.17, 15) is 0 Å². The van der Waals surface area contributed by atoms with Gasteiger partial charge in [-0.25, -0.2) is 4.98 Å². The minimum atomic E-state index is 1.06. The summed E-state index contributed by atoms with van der Waals surface area (Å²) in [5.41, 5.74) is 0. The standard InChI is InChI=1S/C12H21BrN4/c1-15-7-4-14-12(15)2-5-16-8-10-17(6-3-13)11-9-16/h4,7H,2-3,5-6,8-11H2,1H3. The number of hydrogen-bond donors (Lipinski definition) is 0. The van der Waals surface area contributed by atoms with Crippen molar-refractivity contribution in [3.8, 4) is 0 Å². The molecule has 2 rings (SSSR count). The smallest absolute Gasteiger partial charge is 0.109 e. The number of hydrogen-bond acceptors (Lipinski definition) is 3. The Morgan fingerprint density at radius 1 is 1.18 bits per heavy atom. The Morgan fingerprint density at radius 3 is 2.35 bits per heavy atom. The predicted molar refractivity (Wildman–Crippen MR) is 73.6 cm³/mol. The summed E-state index contributed by atoms with van der Waals surface area (Å²) in [6.07, 6.45) is 4.95. The van der Waals surface area contributed by atoms with E-state index in [2.05, 4.69) is 42.3 Å². The first-order chi connectivity index (χ1) is 8.29. The van der Waals surface area contributed by atoms with Gasteiger partial charge in [-0.2, -0.15) is 0 Å². The van der Waals surface area contributed by atoms with Crippen molar-refractivity contribution in [2.24, 2.45) is 7.05 Å². The van der Waals surface area contributed by atoms with Crippen LogP contribution in [0.1, 0.15) is 5.82 Å². The van der Waals surface area contributed by atoms with E-state index in [-0.39, 0.29) is 0 Å². The highest BCUT2D eigenvalue weighted by Gasteiger charge is 2.16. The summed E-state index contributed by atoms with van der Waals surface area (Å²) in [5, 5.41) is 1.08. The quantitative estimate of drug-likeness (QED) is 0.758. The van der Waals surface area contributed by atoms with Gasteiger partial charge in [-0.1, -0.05) is 15.9 Å². The lowest BCUT2D eigenvalue weighted by molar-refractivity contribution is 0.139. The zero-order valence-corrected chi connectivity index (χ0v) is 12.1. The molecule has 0 bridgehead atoms. The van der Waals surface area contributed by atoms with Crippen LogP contribution in [-0.2, 0) is 13.5 Å². The van der Waals surface area contributed by atoms with Crippen LogP contribution in [0.25, 0.3) is 0 Å². The van der Waals surface area contributed by atoms with Gasteiger partial charge in [0.2, 0.25) is 0 Å². The summed E-state index contributed by atoms with van der Waals surface area (Å²) >= 11 is 3.50. The highest BCUT2D eigenvalue weighted by Crippen LogP contribution is 2.04. The van der Waals surface area contributed by atoms with Crippen molar-refractivity contribution in [2.75, 3.05) is 44.6 Å². The molecular formula is C12H21BrN4. The molecule has 0 atom stereocenters. The van der Waals surface area contributed by atoms with Crippen LogP contribution in [0.3, 0.4) is 0 Å². The molecule has 96 valence electrons. The Hall–Kier alpha value is -0.390. The van der Waals surface area contributed by atoms with E-state index >= 15 is 0 Å². The molecule has 0 aromatic carbocycles. The van der Waals surface area contributed by atoms with Crippen LogP contribution in [0.4, 0.5) is 0 Å². The van der Waals surface area contributed by atoms with Gasteiger partial charge in [0.15, 0.2) is 0 Å². The zero-order valence-electron chi connectivity index (χ0n) is 10.5. The largest absolute Gasteiger partial charge is 0.338 e. The highest BCUT2D eigenvalue weighted by molar-refractivity contribution is 9.09. The van der Waals surface area contributed by atoms with E-state index in [1.165, 1.54) is 38.5 Å². The minimum Gasteiger partial charge on any atom is -0.338 e. The molecule has 0 radical (unpaired) electrons. The molecule has 2 heterocycles. The molecule has 1 aromatic rings. The molecule has 1 saturated heterocycles. The summed E-state index contributed by atoms with van der Waals surface area (Å²) in [7, 11) is 2.07. The number of piperazine rings is 1. The first-order valence-electron chi connectivity index (χ1n) is 6.26. The number of aromatic nitrogens is 2. The minimum absolute atomic E-state index is 1.06. The third kappa shape index (κ3) is 3.79. The van der Waals surface area contributed by atoms with Crippen LogP contribution < -0.4 is 0 Å². The van der Waals surface area contributed by atoms with Crippen LogP contribution >= 0.6 is 15.9 Å². The predicted octanol–water partition coefficient (Wildman–Crippen LogP) is 0.975. The van der Waals surface area contributed by atoms with Gasteiger partial charge in [0.1, 0.15) is 5.82 Å². The zero-order chi connectivity index (χ0) is 12.1. The van der Waals surface area contributed by atoms with Gasteiger partial charge in [0, 0.05) is 70.5 Å². The summed E-state index contributed by atoms with van der Waals surface area (Å²) in [5.74, 6) is 1.19. The second-order valence-corrected chi connectivity index (χ2v) is 5.37. The van der Waals surface area contributed by atoms with E-state index in [1.54, 1.807) is 0 Å². The number of aryl methyl sites for hydroxylation is 1. The highest BCUT2D eigenvalue weighted by atomic mass is 79.9. The number of alkyl halides is 1. The molecule has 17 heavy (non-hydrogen) atoms. The van der Waals surface area contributed by atoms with Crippen molar-refractivity contribution in [1.82, 2.24) is 19.4 Å². The van der Waals surface area contributed by atoms with Gasteiger partial charge in [0.25, 0.3) is 0 Å². The molecular weight excluding hydrogens is 280 g/mol. The number of halogens is 1. The molecule has 0 aliphatic carbocycles. The third-order valence-corrected chi connectivity index (χ3v) is 3.79. The monoisotopic (exact) mass is 300 g/mol. The first kappa shape index (κ1) is 13.1. The fourth-order valence-corrected chi connectivity index (χ4v) is 2.75. The van der Waals surface area contributed by atoms with Crippen LogP contribution in [-0.4, -0.2) is 63.9 Å². The maximum absolute atomic E-state index is 4.36. The molecule has 1 aromatic heterocycles. The fraction of sp³-hybridized carbons (Fsp3) is 0.750. The molecule has 1 fully saturated rings. The number of nitrogens with zero attached hydrogens (tertiary/aromatic N) is 4. The van der Waals surface area contributed by atoms with Crippen LogP contribution in [0.2, 0.25) is 0 Å². The molecule has 5 heteroatoms. The third-order valence-electron chi connectivity index (χ3n) is 3.44. The van der Waals surface area contributed by atoms with Crippen molar-refractivity contribution < 1.29 is 0 Å². The lowest BCUT2D eigenvalue weighted by Gasteiger charge is -2.34. The Morgan fingerprint density at radius 2 is 1.82 bits per heavy atom. The molecule has 4 nitrogen and oxygen atoms in total. The second kappa shape index (κ2) is 6.52. The Bertz CT molecular complexity index is 331. The van der Waals surface area contributed by atoms with Gasteiger partial charge in [-0.3, -0.25) is 4.90 Å².